The van der Waals surface area contributed by atoms with E-state index in [1.54, 1.807) is 0 Å². The number of carbonyl (C=O) groups is 1. The van der Waals surface area contributed by atoms with Crippen LogP contribution in [0.4, 0.5) is 0 Å². The lowest BCUT2D eigenvalue weighted by molar-refractivity contribution is -0.130. The van der Waals surface area contributed by atoms with Gasteiger partial charge in [0.15, 0.2) is 0 Å². The molecule has 1 atom stereocenters. The van der Waals surface area contributed by atoms with Crippen molar-refractivity contribution in [3.8, 4) is 0 Å². The van der Waals surface area contributed by atoms with Crippen LogP contribution in [0, 0.1) is 5.41 Å². The summed E-state index contributed by atoms with van der Waals surface area (Å²) in [5.74, 6) is 0.171. The van der Waals surface area contributed by atoms with Crippen LogP contribution in [0.15, 0.2) is 16.8 Å². The van der Waals surface area contributed by atoms with Crippen LogP contribution in [0.2, 0.25) is 0 Å². The molecule has 0 spiro atoms. The summed E-state index contributed by atoms with van der Waals surface area (Å²) in [5, 5.41) is 12.5. The van der Waals surface area contributed by atoms with Crippen molar-refractivity contribution in [3.05, 3.63) is 11.6 Å². The van der Waals surface area contributed by atoms with E-state index in [2.05, 4.69) is 42.4 Å². The van der Waals surface area contributed by atoms with Crippen molar-refractivity contribution in [1.29, 1.82) is 0 Å². The molecule has 1 unspecified atom stereocenters. The van der Waals surface area contributed by atoms with Crippen LogP contribution in [-0.2, 0) is 4.79 Å². The largest absolute Gasteiger partial charge is 0.338 e. The zero-order valence-electron chi connectivity index (χ0n) is 14.3. The Morgan fingerprint density at radius 3 is 2.70 bits per heavy atom. The first kappa shape index (κ1) is 16.5. The summed E-state index contributed by atoms with van der Waals surface area (Å²) >= 11 is 1.47. The first-order chi connectivity index (χ1) is 10.9. The van der Waals surface area contributed by atoms with E-state index in [9.17, 15) is 4.79 Å². The van der Waals surface area contributed by atoms with E-state index in [-0.39, 0.29) is 16.6 Å². The third kappa shape index (κ3) is 3.76. The molecule has 1 aromatic rings. The number of thioether (sulfide) groups is 1. The van der Waals surface area contributed by atoms with Crippen LogP contribution in [0.25, 0.3) is 0 Å². The molecule has 1 aromatic heterocycles. The van der Waals surface area contributed by atoms with Crippen molar-refractivity contribution in [1.82, 2.24) is 25.1 Å². The van der Waals surface area contributed by atoms with E-state index < -0.39 is 0 Å². The normalized spacial score (nSPS) is 20.3. The number of hydrogen-bond donors (Lipinski definition) is 0. The van der Waals surface area contributed by atoms with Gasteiger partial charge in [-0.25, -0.2) is 4.68 Å². The molecule has 0 saturated heterocycles. The van der Waals surface area contributed by atoms with E-state index >= 15 is 0 Å². The SMILES string of the molecule is CC(Sc1nnnn1C1CC1)C(=O)N1CC=C(C(C)(C)C)CC1. The average molecular weight is 335 g/mol. The summed E-state index contributed by atoms with van der Waals surface area (Å²) in [5.41, 5.74) is 1.64. The fourth-order valence-corrected chi connectivity index (χ4v) is 3.77. The fourth-order valence-electron chi connectivity index (χ4n) is 2.83. The molecule has 2 heterocycles. The van der Waals surface area contributed by atoms with Gasteiger partial charge in [-0.15, -0.1) is 5.10 Å². The van der Waals surface area contributed by atoms with Gasteiger partial charge >= 0.3 is 0 Å². The minimum atomic E-state index is -0.164. The molecule has 6 nitrogen and oxygen atoms in total. The molecule has 7 heteroatoms. The molecule has 1 aliphatic heterocycles. The van der Waals surface area contributed by atoms with Crippen LogP contribution in [0.1, 0.15) is 53.0 Å². The maximum atomic E-state index is 12.7. The van der Waals surface area contributed by atoms with E-state index in [0.29, 0.717) is 12.6 Å². The summed E-state index contributed by atoms with van der Waals surface area (Å²) in [7, 11) is 0. The number of amides is 1. The molecular formula is C16H25N5OS. The molecule has 23 heavy (non-hydrogen) atoms. The Balaban J connectivity index is 1.60. The molecular weight excluding hydrogens is 310 g/mol. The highest BCUT2D eigenvalue weighted by Gasteiger charge is 2.31. The highest BCUT2D eigenvalue weighted by Crippen LogP contribution is 2.37. The second-order valence-electron chi connectivity index (χ2n) is 7.41. The van der Waals surface area contributed by atoms with Gasteiger partial charge in [0.2, 0.25) is 11.1 Å². The fraction of sp³-hybridized carbons (Fsp3) is 0.750. The standard InChI is InChI=1S/C16H25N5OS/c1-11(23-15-17-18-19-21(15)13-5-6-13)14(22)20-9-7-12(8-10-20)16(2,3)4/h7,11,13H,5-6,8-10H2,1-4H3. The minimum absolute atomic E-state index is 0.164. The predicted octanol–water partition coefficient (Wildman–Crippen LogP) is 2.69. The maximum Gasteiger partial charge on any atom is 0.236 e. The third-order valence-electron chi connectivity index (χ3n) is 4.47. The molecule has 3 rings (SSSR count). The van der Waals surface area contributed by atoms with Crippen LogP contribution in [-0.4, -0.2) is 49.4 Å². The number of aromatic nitrogens is 4. The summed E-state index contributed by atoms with van der Waals surface area (Å²) in [6, 6.07) is 0.432. The van der Waals surface area contributed by atoms with Crippen LogP contribution < -0.4 is 0 Å². The molecule has 0 N–H and O–H groups in total. The van der Waals surface area contributed by atoms with E-state index in [1.807, 2.05) is 16.5 Å². The van der Waals surface area contributed by atoms with Gasteiger partial charge < -0.3 is 4.90 Å². The highest BCUT2D eigenvalue weighted by molar-refractivity contribution is 8.00. The Morgan fingerprint density at radius 1 is 1.39 bits per heavy atom. The van der Waals surface area contributed by atoms with Gasteiger partial charge in [-0.1, -0.05) is 44.2 Å². The third-order valence-corrected chi connectivity index (χ3v) is 5.50. The number of hydrogen-bond acceptors (Lipinski definition) is 5. The topological polar surface area (TPSA) is 63.9 Å². The van der Waals surface area contributed by atoms with Gasteiger partial charge in [-0.3, -0.25) is 4.79 Å². The van der Waals surface area contributed by atoms with Gasteiger partial charge in [-0.2, -0.15) is 0 Å². The zero-order chi connectivity index (χ0) is 16.6. The smallest absolute Gasteiger partial charge is 0.236 e. The van der Waals surface area contributed by atoms with Crippen molar-refractivity contribution in [2.75, 3.05) is 13.1 Å². The minimum Gasteiger partial charge on any atom is -0.338 e. The van der Waals surface area contributed by atoms with Gasteiger partial charge in [0.1, 0.15) is 0 Å². The Bertz CT molecular complexity index is 614. The zero-order valence-corrected chi connectivity index (χ0v) is 15.1. The number of tetrazole rings is 1. The lowest BCUT2D eigenvalue weighted by Crippen LogP contribution is -2.40. The summed E-state index contributed by atoms with van der Waals surface area (Å²) in [4.78, 5) is 14.6. The second kappa shape index (κ2) is 6.26. The lowest BCUT2D eigenvalue weighted by atomic mass is 9.83. The van der Waals surface area contributed by atoms with E-state index in [4.69, 9.17) is 0 Å². The molecule has 0 aromatic carbocycles. The Kier molecular flexibility index (Phi) is 4.49. The predicted molar refractivity (Wildman–Crippen MR) is 90.1 cm³/mol. The molecule has 0 bridgehead atoms. The quantitative estimate of drug-likeness (QED) is 0.625. The molecule has 1 saturated carbocycles. The van der Waals surface area contributed by atoms with Crippen LogP contribution in [0.5, 0.6) is 0 Å². The first-order valence-electron chi connectivity index (χ1n) is 8.29. The monoisotopic (exact) mass is 335 g/mol. The molecule has 126 valence electrons. The first-order valence-corrected chi connectivity index (χ1v) is 9.17. The summed E-state index contributed by atoms with van der Waals surface area (Å²) in [6.07, 6.45) is 5.44. The Labute approximate surface area is 141 Å². The molecule has 1 fully saturated rings. The molecule has 0 radical (unpaired) electrons. The van der Waals surface area contributed by atoms with Crippen molar-refractivity contribution in [2.45, 2.75) is 63.4 Å². The van der Waals surface area contributed by atoms with Gasteiger partial charge in [0, 0.05) is 13.1 Å². The lowest BCUT2D eigenvalue weighted by Gasteiger charge is -2.33. The average Bonchev–Trinajstić information content (AvgIpc) is 3.26. The Hall–Kier alpha value is -1.37. The van der Waals surface area contributed by atoms with Crippen molar-refractivity contribution >= 4 is 17.7 Å². The molecule has 1 aliphatic carbocycles. The number of rotatable bonds is 4. The highest BCUT2D eigenvalue weighted by atomic mass is 32.2. The van der Waals surface area contributed by atoms with Crippen LogP contribution >= 0.6 is 11.8 Å². The van der Waals surface area contributed by atoms with E-state index in [0.717, 1.165) is 31.0 Å². The molecule has 2 aliphatic rings. The van der Waals surface area contributed by atoms with Crippen molar-refractivity contribution in [3.63, 3.8) is 0 Å². The van der Waals surface area contributed by atoms with Gasteiger partial charge in [-0.05, 0) is 42.0 Å². The van der Waals surface area contributed by atoms with Crippen LogP contribution in [0.3, 0.4) is 0 Å². The summed E-state index contributed by atoms with van der Waals surface area (Å²) in [6.45, 7) is 10.2. The summed E-state index contributed by atoms with van der Waals surface area (Å²) < 4.78 is 1.86. The maximum absolute atomic E-state index is 12.7. The second-order valence-corrected chi connectivity index (χ2v) is 8.72. The van der Waals surface area contributed by atoms with Crippen molar-refractivity contribution in [2.24, 2.45) is 5.41 Å². The van der Waals surface area contributed by atoms with E-state index in [1.165, 1.54) is 17.3 Å². The molecule has 1 amide bonds. The number of nitrogens with zero attached hydrogens (tertiary/aromatic N) is 5. The number of carbonyl (C=O) groups excluding carboxylic acids is 1. The van der Waals surface area contributed by atoms with Gasteiger partial charge in [0.05, 0.1) is 11.3 Å². The van der Waals surface area contributed by atoms with Gasteiger partial charge in [0.25, 0.3) is 0 Å². The van der Waals surface area contributed by atoms with Crippen molar-refractivity contribution < 1.29 is 4.79 Å². The Morgan fingerprint density at radius 2 is 2.13 bits per heavy atom.